The summed E-state index contributed by atoms with van der Waals surface area (Å²) in [6.07, 6.45) is -0.797. The van der Waals surface area contributed by atoms with E-state index in [9.17, 15) is 23.1 Å². The first-order valence-corrected chi connectivity index (χ1v) is 17.9. The molecule has 2 amide bonds. The fraction of sp³-hybridized carbons (Fsp3) is 0.419. The second kappa shape index (κ2) is 16.3. The molecule has 0 aliphatic heterocycles. The number of hydrogen-bond donors (Lipinski definition) is 3. The van der Waals surface area contributed by atoms with E-state index in [1.165, 1.54) is 27.8 Å². The van der Waals surface area contributed by atoms with Crippen LogP contribution in [0.25, 0.3) is 10.2 Å². The number of aliphatic hydroxyl groups excluding tert-OH is 1. The first-order chi connectivity index (χ1) is 21.9. The minimum absolute atomic E-state index is 0.0157. The Morgan fingerprint density at radius 2 is 1.76 bits per heavy atom. The van der Waals surface area contributed by atoms with E-state index in [2.05, 4.69) is 20.6 Å². The molecule has 4 aromatic rings. The largest absolute Gasteiger partial charge is 0.449 e. The van der Waals surface area contributed by atoms with Gasteiger partial charge in [0, 0.05) is 19.3 Å². The van der Waals surface area contributed by atoms with Crippen molar-refractivity contribution in [3.63, 3.8) is 0 Å². The van der Waals surface area contributed by atoms with Crippen molar-refractivity contribution in [2.24, 2.45) is 11.8 Å². The van der Waals surface area contributed by atoms with E-state index in [1.54, 1.807) is 17.8 Å². The van der Waals surface area contributed by atoms with Crippen molar-refractivity contribution < 1.29 is 32.6 Å². The summed E-state index contributed by atoms with van der Waals surface area (Å²) in [5, 5.41) is 17.1. The number of benzene rings is 2. The van der Waals surface area contributed by atoms with Crippen molar-refractivity contribution >= 4 is 60.2 Å². The van der Waals surface area contributed by atoms with Gasteiger partial charge in [-0.3, -0.25) is 10.3 Å². The number of nitrogens with one attached hydrogen (secondary N) is 2. The fourth-order valence-corrected chi connectivity index (χ4v) is 7.56. The standard InChI is InChI=1S/C31H39N5O7S3/c1-20(2)15-36(46(40,41)24-10-11-25-28(13-24)45-29(33-25)35-31(39)42-17-21(3)4)16-27(37)26(12-22-8-6-5-7-9-22)34-30(38)43-18-23-14-32-19-44-23/h5-11,13-14,19-21,26-27,37H,12,15-18H2,1-4H3,(H,34,38)(H,33,35,39)/t26-,27+/m0/s1. The van der Waals surface area contributed by atoms with Crippen molar-refractivity contribution in [3.05, 3.63) is 70.7 Å². The Morgan fingerprint density at radius 1 is 1.00 bits per heavy atom. The zero-order valence-electron chi connectivity index (χ0n) is 26.1. The lowest BCUT2D eigenvalue weighted by molar-refractivity contribution is 0.0876. The van der Waals surface area contributed by atoms with Gasteiger partial charge in [-0.25, -0.2) is 23.0 Å². The molecule has 3 N–H and O–H groups in total. The van der Waals surface area contributed by atoms with Crippen LogP contribution in [-0.4, -0.2) is 71.8 Å². The molecule has 0 aliphatic rings. The first-order valence-electron chi connectivity index (χ1n) is 14.8. The van der Waals surface area contributed by atoms with Crippen molar-refractivity contribution in [2.75, 3.05) is 25.0 Å². The second-order valence-electron chi connectivity index (χ2n) is 11.5. The molecule has 0 aliphatic carbocycles. The Morgan fingerprint density at radius 3 is 2.43 bits per heavy atom. The lowest BCUT2D eigenvalue weighted by Crippen LogP contribution is -2.51. The van der Waals surface area contributed by atoms with Crippen LogP contribution in [0.2, 0.25) is 0 Å². The van der Waals surface area contributed by atoms with Gasteiger partial charge >= 0.3 is 12.2 Å². The molecule has 248 valence electrons. The van der Waals surface area contributed by atoms with Crippen molar-refractivity contribution in [3.8, 4) is 0 Å². The van der Waals surface area contributed by atoms with E-state index in [4.69, 9.17) is 9.47 Å². The van der Waals surface area contributed by atoms with Crippen LogP contribution >= 0.6 is 22.7 Å². The third kappa shape index (κ3) is 10.2. The SMILES string of the molecule is CC(C)COC(=O)Nc1nc2ccc(S(=O)(=O)N(CC(C)C)C[C@@H](O)[C@H](Cc3ccccc3)NC(=O)OCc3cncs3)cc2s1. The summed E-state index contributed by atoms with van der Waals surface area (Å²) in [5.74, 6) is 0.111. The van der Waals surface area contributed by atoms with Crippen LogP contribution in [0.4, 0.5) is 14.7 Å². The molecule has 0 radical (unpaired) electrons. The normalized spacial score (nSPS) is 13.2. The number of rotatable bonds is 15. The molecular weight excluding hydrogens is 651 g/mol. The van der Waals surface area contributed by atoms with Gasteiger partial charge < -0.3 is 19.9 Å². The third-order valence-electron chi connectivity index (χ3n) is 6.61. The van der Waals surface area contributed by atoms with Crippen molar-refractivity contribution in [2.45, 2.75) is 57.8 Å². The number of alkyl carbamates (subject to hydrolysis) is 1. The van der Waals surface area contributed by atoms with Gasteiger partial charge in [0.15, 0.2) is 5.13 Å². The quantitative estimate of drug-likeness (QED) is 0.146. The number of hydrogen-bond acceptors (Lipinski definition) is 11. The second-order valence-corrected chi connectivity index (χ2v) is 15.5. The Bertz CT molecular complexity index is 1680. The molecule has 2 heterocycles. The van der Waals surface area contributed by atoms with E-state index < -0.39 is 34.4 Å². The highest BCUT2D eigenvalue weighted by atomic mass is 32.2. The molecule has 0 unspecified atom stereocenters. The number of thiazole rings is 2. The fourth-order valence-electron chi connectivity index (χ4n) is 4.44. The Labute approximate surface area is 276 Å². The van der Waals surface area contributed by atoms with Crippen LogP contribution in [0, 0.1) is 11.8 Å². The number of amides is 2. The lowest BCUT2D eigenvalue weighted by Gasteiger charge is -2.30. The van der Waals surface area contributed by atoms with Crippen LogP contribution < -0.4 is 10.6 Å². The molecule has 0 saturated heterocycles. The molecule has 2 aromatic heterocycles. The molecule has 2 aromatic carbocycles. The number of anilines is 1. The van der Waals surface area contributed by atoms with E-state index in [1.807, 2.05) is 58.0 Å². The van der Waals surface area contributed by atoms with Crippen LogP contribution in [0.1, 0.15) is 38.1 Å². The van der Waals surface area contributed by atoms with E-state index in [-0.39, 0.29) is 54.6 Å². The van der Waals surface area contributed by atoms with Gasteiger partial charge in [-0.1, -0.05) is 69.4 Å². The summed E-state index contributed by atoms with van der Waals surface area (Å²) < 4.78 is 40.3. The van der Waals surface area contributed by atoms with E-state index in [0.29, 0.717) is 10.2 Å². The molecule has 12 nitrogen and oxygen atoms in total. The number of carbonyl (C=O) groups is 2. The third-order valence-corrected chi connectivity index (χ3v) is 10.1. The van der Waals surface area contributed by atoms with E-state index in [0.717, 1.165) is 21.8 Å². The molecule has 0 spiro atoms. The number of fused-ring (bicyclic) bond motifs is 1. The predicted octanol–water partition coefficient (Wildman–Crippen LogP) is 5.50. The van der Waals surface area contributed by atoms with Crippen LogP contribution in [0.3, 0.4) is 0 Å². The summed E-state index contributed by atoms with van der Waals surface area (Å²) >= 11 is 2.47. The molecule has 0 fully saturated rings. The predicted molar refractivity (Wildman–Crippen MR) is 178 cm³/mol. The zero-order valence-corrected chi connectivity index (χ0v) is 28.5. The maximum atomic E-state index is 14.0. The highest BCUT2D eigenvalue weighted by Gasteiger charge is 2.32. The smallest absolute Gasteiger partial charge is 0.413 e. The molecule has 4 rings (SSSR count). The summed E-state index contributed by atoms with van der Waals surface area (Å²) in [6, 6.07) is 13.0. The molecule has 0 bridgehead atoms. The number of carbonyl (C=O) groups excluding carboxylic acids is 2. The number of nitrogens with zero attached hydrogens (tertiary/aromatic N) is 3. The highest BCUT2D eigenvalue weighted by Crippen LogP contribution is 2.30. The highest BCUT2D eigenvalue weighted by molar-refractivity contribution is 7.89. The topological polar surface area (TPSA) is 160 Å². The average Bonchev–Trinajstić information content (AvgIpc) is 3.68. The number of aliphatic hydroxyl groups is 1. The maximum absolute atomic E-state index is 14.0. The van der Waals surface area contributed by atoms with Crippen molar-refractivity contribution in [1.29, 1.82) is 0 Å². The number of ether oxygens (including phenoxy) is 2. The van der Waals surface area contributed by atoms with Crippen LogP contribution in [0.15, 0.2) is 65.1 Å². The lowest BCUT2D eigenvalue weighted by atomic mass is 10.0. The van der Waals surface area contributed by atoms with Crippen molar-refractivity contribution in [1.82, 2.24) is 19.6 Å². The Hall–Kier alpha value is -3.63. The van der Waals surface area contributed by atoms with Gasteiger partial charge in [0.25, 0.3) is 0 Å². The van der Waals surface area contributed by atoms with Crippen LogP contribution in [0.5, 0.6) is 0 Å². The van der Waals surface area contributed by atoms with Gasteiger partial charge in [-0.05, 0) is 42.0 Å². The molecule has 46 heavy (non-hydrogen) atoms. The summed E-state index contributed by atoms with van der Waals surface area (Å²) in [7, 11) is -4.10. The Balaban J connectivity index is 1.53. The molecule has 2 atom stereocenters. The van der Waals surface area contributed by atoms with E-state index >= 15 is 0 Å². The first kappa shape index (κ1) is 35.2. The summed E-state index contributed by atoms with van der Waals surface area (Å²) in [4.78, 5) is 34.0. The molecule has 15 heteroatoms. The van der Waals surface area contributed by atoms with Gasteiger partial charge in [-0.15, -0.1) is 11.3 Å². The Kier molecular flexibility index (Phi) is 12.5. The van der Waals surface area contributed by atoms with Gasteiger partial charge in [-0.2, -0.15) is 4.31 Å². The maximum Gasteiger partial charge on any atom is 0.413 e. The average molecular weight is 690 g/mol. The minimum Gasteiger partial charge on any atom is -0.449 e. The van der Waals surface area contributed by atoms with Gasteiger partial charge in [0.05, 0.1) is 44.3 Å². The summed E-state index contributed by atoms with van der Waals surface area (Å²) in [5.41, 5.74) is 3.00. The number of sulfonamides is 1. The van der Waals surface area contributed by atoms with Gasteiger partial charge in [0.1, 0.15) is 6.61 Å². The zero-order chi connectivity index (χ0) is 33.3. The molecule has 0 saturated carbocycles. The summed E-state index contributed by atoms with van der Waals surface area (Å²) in [6.45, 7) is 7.75. The minimum atomic E-state index is -4.10. The molecular formula is C31H39N5O7S3. The van der Waals surface area contributed by atoms with Gasteiger partial charge in [0.2, 0.25) is 10.0 Å². The number of aromatic nitrogens is 2. The monoisotopic (exact) mass is 689 g/mol. The van der Waals surface area contributed by atoms with Crippen LogP contribution in [-0.2, 0) is 32.5 Å².